The molecule has 23 heavy (non-hydrogen) atoms. The van der Waals surface area contributed by atoms with Crippen LogP contribution in [0.2, 0.25) is 0 Å². The van der Waals surface area contributed by atoms with Gasteiger partial charge >= 0.3 is 11.9 Å². The van der Waals surface area contributed by atoms with Crippen LogP contribution in [0, 0.1) is 5.41 Å². The van der Waals surface area contributed by atoms with E-state index in [4.69, 9.17) is 0 Å². The third-order valence-electron chi connectivity index (χ3n) is 3.90. The van der Waals surface area contributed by atoms with Crippen molar-refractivity contribution in [1.82, 2.24) is 0 Å². The summed E-state index contributed by atoms with van der Waals surface area (Å²) in [7, 11) is -5.02. The molecule has 0 saturated carbocycles. The Morgan fingerprint density at radius 1 is 0.957 bits per heavy atom. The first-order chi connectivity index (χ1) is 10.1. The smallest absolute Gasteiger partial charge is 0.325 e. The van der Waals surface area contributed by atoms with Gasteiger partial charge in [-0.1, -0.05) is 52.4 Å². The van der Waals surface area contributed by atoms with Crippen LogP contribution in [0.4, 0.5) is 0 Å². The van der Waals surface area contributed by atoms with E-state index >= 15 is 0 Å². The molecule has 9 heteroatoms. The molecule has 1 unspecified atom stereocenters. The molecule has 0 aliphatic rings. The van der Waals surface area contributed by atoms with Gasteiger partial charge in [-0.15, -0.1) is 0 Å². The molecule has 0 amide bonds. The minimum atomic E-state index is -5.02. The van der Waals surface area contributed by atoms with E-state index in [0.717, 1.165) is 12.8 Å². The molecule has 0 bridgehead atoms. The molecule has 131 valence electrons. The zero-order valence-electron chi connectivity index (χ0n) is 14.1. The predicted molar refractivity (Wildman–Crippen MR) is 87.1 cm³/mol. The van der Waals surface area contributed by atoms with Crippen LogP contribution in [0.1, 0.15) is 65.2 Å². The van der Waals surface area contributed by atoms with Gasteiger partial charge in [0.25, 0.3) is 10.1 Å². The van der Waals surface area contributed by atoms with Crippen LogP contribution < -0.4 is 0 Å². The Morgan fingerprint density at radius 3 is 1.57 bits per heavy atom. The van der Waals surface area contributed by atoms with Gasteiger partial charge in [0.15, 0.2) is 5.25 Å². The third-order valence-corrected chi connectivity index (χ3v) is 5.15. The minimum Gasteiger partial charge on any atom is -0.481 e. The van der Waals surface area contributed by atoms with Gasteiger partial charge in [-0.05, 0) is 12.8 Å². The van der Waals surface area contributed by atoms with E-state index in [9.17, 15) is 32.8 Å². The predicted octanol–water partition coefficient (Wildman–Crippen LogP) is 2.18. The molecule has 3 N–H and O–H groups in total. The van der Waals surface area contributed by atoms with Gasteiger partial charge in [0.05, 0.1) is 5.41 Å². The Labute approximate surface area is 159 Å². The molecule has 0 aromatic rings. The van der Waals surface area contributed by atoms with Gasteiger partial charge < -0.3 is 10.2 Å². The molecular weight excluding hydrogens is 335 g/mol. The molecule has 0 heterocycles. The van der Waals surface area contributed by atoms with Crippen LogP contribution in [-0.4, -0.2) is 69.9 Å². The first-order valence-corrected chi connectivity index (χ1v) is 9.06. The molecular formula is C14H26NaO7S. The summed E-state index contributed by atoms with van der Waals surface area (Å²) in [5.74, 6) is -3.30. The van der Waals surface area contributed by atoms with E-state index in [0.29, 0.717) is 25.7 Å². The van der Waals surface area contributed by atoms with Crippen molar-refractivity contribution in [1.29, 1.82) is 0 Å². The van der Waals surface area contributed by atoms with Crippen molar-refractivity contribution in [3.63, 3.8) is 0 Å². The standard InChI is InChI=1S/C14H26O7S.Na/c1-3-5-7-9-14(13(17)18,10-8-6-4-2)11(12(15)16)22(19,20)21;/h11H,3-10H2,1-2H3,(H,15,16)(H,17,18)(H,19,20,21);. The first kappa shape index (κ1) is 25.1. The average Bonchev–Trinajstić information content (AvgIpc) is 2.36. The fraction of sp³-hybridized carbons (Fsp3) is 0.857. The van der Waals surface area contributed by atoms with Crippen molar-refractivity contribution in [2.24, 2.45) is 5.41 Å². The van der Waals surface area contributed by atoms with Crippen LogP contribution in [-0.2, 0) is 19.7 Å². The van der Waals surface area contributed by atoms with E-state index in [1.165, 1.54) is 0 Å². The van der Waals surface area contributed by atoms with Crippen molar-refractivity contribution in [3.8, 4) is 0 Å². The second kappa shape index (κ2) is 11.4. The number of hydrogen-bond acceptors (Lipinski definition) is 4. The summed E-state index contributed by atoms with van der Waals surface area (Å²) in [6, 6.07) is 0. The van der Waals surface area contributed by atoms with E-state index in [1.807, 2.05) is 13.8 Å². The van der Waals surface area contributed by atoms with Gasteiger partial charge in [-0.25, -0.2) is 0 Å². The second-order valence-electron chi connectivity index (χ2n) is 5.61. The van der Waals surface area contributed by atoms with Gasteiger partial charge in [0.2, 0.25) is 0 Å². The summed E-state index contributed by atoms with van der Waals surface area (Å²) in [4.78, 5) is 23.1. The van der Waals surface area contributed by atoms with Crippen molar-refractivity contribution in [3.05, 3.63) is 0 Å². The molecule has 1 radical (unpaired) electrons. The minimum absolute atomic E-state index is 0. The molecule has 7 nitrogen and oxygen atoms in total. The van der Waals surface area contributed by atoms with Crippen molar-refractivity contribution >= 4 is 51.6 Å². The molecule has 0 aromatic heterocycles. The molecule has 0 aromatic carbocycles. The van der Waals surface area contributed by atoms with Gasteiger partial charge in [-0.3, -0.25) is 14.1 Å². The van der Waals surface area contributed by atoms with E-state index in [1.54, 1.807) is 0 Å². The van der Waals surface area contributed by atoms with Crippen molar-refractivity contribution < 1.29 is 32.8 Å². The maximum atomic E-state index is 11.8. The Hall–Kier alpha value is -0.150. The number of carbonyl (C=O) groups is 2. The summed E-state index contributed by atoms with van der Waals surface area (Å²) >= 11 is 0. The topological polar surface area (TPSA) is 129 Å². The first-order valence-electron chi connectivity index (χ1n) is 7.56. The quantitative estimate of drug-likeness (QED) is 0.276. The summed E-state index contributed by atoms with van der Waals surface area (Å²) in [5.41, 5.74) is -2.00. The van der Waals surface area contributed by atoms with Crippen LogP contribution in [0.25, 0.3) is 0 Å². The van der Waals surface area contributed by atoms with Gasteiger partial charge in [0, 0.05) is 29.6 Å². The maximum Gasteiger partial charge on any atom is 0.325 e. The Kier molecular flexibility index (Phi) is 12.5. The number of carboxylic acids is 2. The Morgan fingerprint density at radius 2 is 1.35 bits per heavy atom. The zero-order chi connectivity index (χ0) is 17.4. The fourth-order valence-corrected chi connectivity index (χ4v) is 3.90. The summed E-state index contributed by atoms with van der Waals surface area (Å²) in [5, 5.41) is 16.4. The third kappa shape index (κ3) is 7.51. The molecule has 1 atom stereocenters. The van der Waals surface area contributed by atoms with E-state index in [-0.39, 0.29) is 42.4 Å². The van der Waals surface area contributed by atoms with Gasteiger partial charge in [0.1, 0.15) is 0 Å². The zero-order valence-corrected chi connectivity index (χ0v) is 16.9. The summed E-state index contributed by atoms with van der Waals surface area (Å²) in [6.07, 6.45) is 3.53. The molecule has 0 fully saturated rings. The molecule has 0 aliphatic carbocycles. The summed E-state index contributed by atoms with van der Waals surface area (Å²) in [6.45, 7) is 3.80. The maximum absolute atomic E-state index is 11.8. The van der Waals surface area contributed by atoms with E-state index < -0.39 is 32.7 Å². The number of hydrogen-bond donors (Lipinski definition) is 3. The molecule has 0 rings (SSSR count). The average molecular weight is 361 g/mol. The number of aliphatic carboxylic acids is 2. The second-order valence-corrected chi connectivity index (χ2v) is 7.11. The normalized spacial score (nSPS) is 13.2. The number of unbranched alkanes of at least 4 members (excludes halogenated alkanes) is 4. The van der Waals surface area contributed by atoms with Crippen molar-refractivity contribution in [2.45, 2.75) is 70.5 Å². The number of rotatable bonds is 12. The van der Waals surface area contributed by atoms with Crippen LogP contribution in [0.3, 0.4) is 0 Å². The Bertz CT molecular complexity index is 466. The van der Waals surface area contributed by atoms with Crippen LogP contribution >= 0.6 is 0 Å². The Balaban J connectivity index is 0. The monoisotopic (exact) mass is 361 g/mol. The molecule has 0 spiro atoms. The fourth-order valence-electron chi connectivity index (χ4n) is 2.74. The SMILES string of the molecule is CCCCCC(CCCCC)(C(=O)O)C(C(=O)O)S(=O)(=O)O.[Na]. The number of carboxylic acid groups (broad SMARTS) is 2. The molecule has 0 aliphatic heterocycles. The summed E-state index contributed by atoms with van der Waals surface area (Å²) < 4.78 is 32.3. The largest absolute Gasteiger partial charge is 0.481 e. The van der Waals surface area contributed by atoms with Crippen molar-refractivity contribution in [2.75, 3.05) is 0 Å². The van der Waals surface area contributed by atoms with Crippen LogP contribution in [0.15, 0.2) is 0 Å². The van der Waals surface area contributed by atoms with Gasteiger partial charge in [-0.2, -0.15) is 8.42 Å². The van der Waals surface area contributed by atoms with E-state index in [2.05, 4.69) is 0 Å². The molecule has 0 saturated heterocycles. The van der Waals surface area contributed by atoms with Crippen LogP contribution in [0.5, 0.6) is 0 Å².